The molecule has 0 N–H and O–H groups in total. The smallest absolute Gasteiger partial charge is 0.150 e. The van der Waals surface area contributed by atoms with Crippen molar-refractivity contribution in [3.8, 4) is 16.8 Å². The van der Waals surface area contributed by atoms with E-state index in [1.165, 1.54) is 11.3 Å². The molecule has 5 aromatic rings. The highest BCUT2D eigenvalue weighted by Gasteiger charge is 2.26. The molecule has 2 aromatic heterocycles. The lowest BCUT2D eigenvalue weighted by molar-refractivity contribution is 0.971. The third-order valence-corrected chi connectivity index (χ3v) is 6.11. The lowest BCUT2D eigenvalue weighted by Crippen LogP contribution is -2.15. The van der Waals surface area contributed by atoms with E-state index in [1.807, 2.05) is 30.3 Å². The highest BCUT2D eigenvalue weighted by Crippen LogP contribution is 2.41. The van der Waals surface area contributed by atoms with Crippen LogP contribution in [0.1, 0.15) is 5.56 Å². The van der Waals surface area contributed by atoms with Gasteiger partial charge in [0.15, 0.2) is 5.65 Å². The van der Waals surface area contributed by atoms with Gasteiger partial charge in [0, 0.05) is 34.7 Å². The van der Waals surface area contributed by atoms with E-state index in [4.69, 9.17) is 21.6 Å². The Labute approximate surface area is 185 Å². The molecule has 4 nitrogen and oxygen atoms in total. The van der Waals surface area contributed by atoms with Crippen molar-refractivity contribution in [1.82, 2.24) is 14.5 Å². The monoisotopic (exact) mass is 422 g/mol. The molecule has 31 heavy (non-hydrogen) atoms. The van der Waals surface area contributed by atoms with E-state index in [2.05, 4.69) is 64.2 Å². The van der Waals surface area contributed by atoms with Crippen LogP contribution in [-0.2, 0) is 6.42 Å². The summed E-state index contributed by atoms with van der Waals surface area (Å²) >= 11 is 6.31. The fraction of sp³-hybridized carbons (Fsp3) is 0.0769. The number of hydrogen-bond acceptors (Lipinski definition) is 3. The Bertz CT molecular complexity index is 1410. The highest BCUT2D eigenvalue weighted by atomic mass is 35.5. The van der Waals surface area contributed by atoms with Crippen molar-refractivity contribution in [2.75, 3.05) is 11.4 Å². The summed E-state index contributed by atoms with van der Waals surface area (Å²) < 4.78 is 2.11. The maximum Gasteiger partial charge on any atom is 0.150 e. The lowest BCUT2D eigenvalue weighted by Gasteiger charge is -2.19. The number of rotatable bonds is 3. The van der Waals surface area contributed by atoms with E-state index in [9.17, 15) is 0 Å². The summed E-state index contributed by atoms with van der Waals surface area (Å²) in [6.45, 7) is 0.905. The van der Waals surface area contributed by atoms with Gasteiger partial charge < -0.3 is 9.47 Å². The van der Waals surface area contributed by atoms with Crippen LogP contribution in [0.4, 0.5) is 11.5 Å². The van der Waals surface area contributed by atoms with E-state index in [0.717, 1.165) is 46.6 Å². The fourth-order valence-corrected chi connectivity index (χ4v) is 4.65. The second-order valence-electron chi connectivity index (χ2n) is 7.68. The maximum absolute atomic E-state index is 6.31. The average molecular weight is 423 g/mol. The second-order valence-corrected chi connectivity index (χ2v) is 8.12. The summed E-state index contributed by atoms with van der Waals surface area (Å²) in [5.41, 5.74) is 6.66. The minimum absolute atomic E-state index is 0.698. The summed E-state index contributed by atoms with van der Waals surface area (Å²) in [5, 5.41) is 1.74. The van der Waals surface area contributed by atoms with Crippen LogP contribution in [0.2, 0.25) is 5.02 Å². The third-order valence-electron chi connectivity index (χ3n) is 5.88. The van der Waals surface area contributed by atoms with E-state index < -0.39 is 0 Å². The first-order valence-electron chi connectivity index (χ1n) is 10.3. The molecular weight excluding hydrogens is 404 g/mol. The summed E-state index contributed by atoms with van der Waals surface area (Å²) in [4.78, 5) is 11.8. The molecule has 1 aliphatic rings. The highest BCUT2D eigenvalue weighted by molar-refractivity contribution is 6.30. The van der Waals surface area contributed by atoms with Crippen LogP contribution in [0.5, 0.6) is 0 Å². The molecule has 0 bridgehead atoms. The quantitative estimate of drug-likeness (QED) is 0.335. The SMILES string of the molecule is Clc1cccc(-n2cc(-c3ccccc3)c3c(N4CCc5ccccc54)ncnc32)c1. The number of hydrogen-bond donors (Lipinski definition) is 0. The Morgan fingerprint density at radius 2 is 1.68 bits per heavy atom. The first kappa shape index (κ1) is 18.2. The van der Waals surface area contributed by atoms with Crippen molar-refractivity contribution in [3.63, 3.8) is 0 Å². The van der Waals surface area contributed by atoms with Crippen LogP contribution < -0.4 is 4.90 Å². The largest absolute Gasteiger partial charge is 0.325 e. The first-order chi connectivity index (χ1) is 15.3. The van der Waals surface area contributed by atoms with Crippen molar-refractivity contribution < 1.29 is 0 Å². The van der Waals surface area contributed by atoms with Gasteiger partial charge in [-0.25, -0.2) is 9.97 Å². The van der Waals surface area contributed by atoms with Gasteiger partial charge in [-0.3, -0.25) is 0 Å². The predicted molar refractivity (Wildman–Crippen MR) is 126 cm³/mol. The maximum atomic E-state index is 6.31. The molecule has 0 spiro atoms. The minimum Gasteiger partial charge on any atom is -0.325 e. The number of halogens is 1. The van der Waals surface area contributed by atoms with Crippen LogP contribution in [-0.4, -0.2) is 21.1 Å². The second kappa shape index (κ2) is 7.25. The van der Waals surface area contributed by atoms with Gasteiger partial charge in [0.25, 0.3) is 0 Å². The van der Waals surface area contributed by atoms with Crippen molar-refractivity contribution in [2.45, 2.75) is 6.42 Å². The lowest BCUT2D eigenvalue weighted by atomic mass is 10.1. The third kappa shape index (κ3) is 2.99. The number of fused-ring (bicyclic) bond motifs is 2. The molecule has 0 atom stereocenters. The van der Waals surface area contributed by atoms with Crippen LogP contribution in [0, 0.1) is 0 Å². The molecule has 6 rings (SSSR count). The molecule has 150 valence electrons. The predicted octanol–water partition coefficient (Wildman–Crippen LogP) is 6.44. The van der Waals surface area contributed by atoms with Gasteiger partial charge in [-0.05, 0) is 41.8 Å². The summed E-state index contributed by atoms with van der Waals surface area (Å²) in [7, 11) is 0. The van der Waals surface area contributed by atoms with Gasteiger partial charge in [-0.15, -0.1) is 0 Å². The molecule has 0 unspecified atom stereocenters. The zero-order chi connectivity index (χ0) is 20.8. The normalized spacial score (nSPS) is 13.0. The molecule has 0 amide bonds. The zero-order valence-corrected chi connectivity index (χ0v) is 17.5. The molecule has 0 radical (unpaired) electrons. The van der Waals surface area contributed by atoms with Crippen LogP contribution in [0.3, 0.4) is 0 Å². The van der Waals surface area contributed by atoms with Gasteiger partial charge in [-0.1, -0.05) is 66.2 Å². The Morgan fingerprint density at radius 1 is 0.839 bits per heavy atom. The Morgan fingerprint density at radius 3 is 2.55 bits per heavy atom. The van der Waals surface area contributed by atoms with E-state index >= 15 is 0 Å². The molecule has 0 saturated carbocycles. The van der Waals surface area contributed by atoms with E-state index in [1.54, 1.807) is 6.33 Å². The van der Waals surface area contributed by atoms with E-state index in [-0.39, 0.29) is 0 Å². The summed E-state index contributed by atoms with van der Waals surface area (Å²) in [5.74, 6) is 0.939. The van der Waals surface area contributed by atoms with Gasteiger partial charge >= 0.3 is 0 Å². The van der Waals surface area contributed by atoms with Crippen molar-refractivity contribution in [3.05, 3.63) is 102 Å². The molecule has 5 heteroatoms. The number of benzene rings is 3. The van der Waals surface area contributed by atoms with Crippen molar-refractivity contribution in [2.24, 2.45) is 0 Å². The molecule has 1 aliphatic heterocycles. The van der Waals surface area contributed by atoms with Crippen LogP contribution >= 0.6 is 11.6 Å². The molecule has 0 fully saturated rings. The Hall–Kier alpha value is -3.63. The van der Waals surface area contributed by atoms with Crippen LogP contribution in [0.15, 0.2) is 91.4 Å². The van der Waals surface area contributed by atoms with Gasteiger partial charge in [0.1, 0.15) is 12.1 Å². The number of para-hydroxylation sites is 1. The Balaban J connectivity index is 1.65. The number of aromatic nitrogens is 3. The van der Waals surface area contributed by atoms with Gasteiger partial charge in [0.05, 0.1) is 5.39 Å². The topological polar surface area (TPSA) is 34.0 Å². The number of nitrogens with zero attached hydrogens (tertiary/aromatic N) is 4. The first-order valence-corrected chi connectivity index (χ1v) is 10.7. The van der Waals surface area contributed by atoms with E-state index in [0.29, 0.717) is 5.02 Å². The molecule has 3 aromatic carbocycles. The minimum atomic E-state index is 0.698. The standard InChI is InChI=1S/C26H19ClN4/c27-20-10-6-11-21(15-20)31-16-22(18-7-2-1-3-8-18)24-25(28-17-29-26(24)31)30-14-13-19-9-4-5-12-23(19)30/h1-12,15-17H,13-14H2. The fourth-order valence-electron chi connectivity index (χ4n) is 4.47. The summed E-state index contributed by atoms with van der Waals surface area (Å²) in [6, 6.07) is 26.8. The van der Waals surface area contributed by atoms with Gasteiger partial charge in [-0.2, -0.15) is 0 Å². The van der Waals surface area contributed by atoms with Crippen molar-refractivity contribution in [1.29, 1.82) is 0 Å². The molecule has 0 aliphatic carbocycles. The Kier molecular flexibility index (Phi) is 4.25. The zero-order valence-electron chi connectivity index (χ0n) is 16.7. The van der Waals surface area contributed by atoms with Crippen LogP contribution in [0.25, 0.3) is 27.8 Å². The summed E-state index contributed by atoms with van der Waals surface area (Å²) in [6.07, 6.45) is 4.82. The van der Waals surface area contributed by atoms with Crippen molar-refractivity contribution >= 4 is 34.1 Å². The number of anilines is 2. The molecule has 0 saturated heterocycles. The van der Waals surface area contributed by atoms with Gasteiger partial charge in [0.2, 0.25) is 0 Å². The average Bonchev–Trinajstić information content (AvgIpc) is 3.42. The molecule has 3 heterocycles. The molecular formula is C26H19ClN4.